The number of rotatable bonds is 4. The molecule has 0 aliphatic heterocycles. The van der Waals surface area contributed by atoms with Crippen molar-refractivity contribution in [2.24, 2.45) is 0 Å². The summed E-state index contributed by atoms with van der Waals surface area (Å²) in [6, 6.07) is 3.95. The number of hydrogen-bond acceptors (Lipinski definition) is 3. The van der Waals surface area contributed by atoms with E-state index < -0.39 is 5.91 Å². The molecule has 1 heterocycles. The summed E-state index contributed by atoms with van der Waals surface area (Å²) in [6.45, 7) is 0.504. The highest BCUT2D eigenvalue weighted by Gasteiger charge is 1.99. The Kier molecular flexibility index (Phi) is 4.11. The van der Waals surface area contributed by atoms with E-state index >= 15 is 0 Å². The highest BCUT2D eigenvalue weighted by atomic mass is 79.9. The van der Waals surface area contributed by atoms with Gasteiger partial charge in [0.05, 0.1) is 3.79 Å². The van der Waals surface area contributed by atoms with Crippen LogP contribution in [-0.4, -0.2) is 18.7 Å². The van der Waals surface area contributed by atoms with Crippen molar-refractivity contribution < 1.29 is 9.59 Å². The van der Waals surface area contributed by atoms with Gasteiger partial charge in [-0.05, 0) is 34.5 Å². The number of hydrogen-bond donors (Lipinski definition) is 1. The fourth-order valence-electron chi connectivity index (χ4n) is 0.837. The van der Waals surface area contributed by atoms with Gasteiger partial charge in [0.2, 0.25) is 6.29 Å². The average molecular weight is 262 g/mol. The topological polar surface area (TPSA) is 46.2 Å². The Hall–Kier alpha value is -0.680. The molecule has 70 valence electrons. The second kappa shape index (κ2) is 5.14. The first-order valence-electron chi connectivity index (χ1n) is 3.69. The van der Waals surface area contributed by atoms with Gasteiger partial charge >= 0.3 is 0 Å². The molecule has 1 amide bonds. The number of carbonyl (C=O) groups excluding carboxylic acids is 2. The number of nitrogens with one attached hydrogen (secondary N) is 1. The second-order valence-corrected chi connectivity index (χ2v) is 4.91. The van der Waals surface area contributed by atoms with E-state index in [2.05, 4.69) is 21.2 Å². The minimum Gasteiger partial charge on any atom is -0.349 e. The maximum absolute atomic E-state index is 10.5. The molecular formula is C8H8BrNO2S. The lowest BCUT2D eigenvalue weighted by Crippen LogP contribution is -2.26. The van der Waals surface area contributed by atoms with Gasteiger partial charge in [-0.1, -0.05) is 0 Å². The van der Waals surface area contributed by atoms with E-state index in [-0.39, 0.29) is 6.29 Å². The Labute approximate surface area is 88.3 Å². The van der Waals surface area contributed by atoms with Gasteiger partial charge in [-0.2, -0.15) is 0 Å². The SMILES string of the molecule is O=CC(=O)NCCc1ccc(Br)s1. The summed E-state index contributed by atoms with van der Waals surface area (Å²) in [5.74, 6) is -0.560. The van der Waals surface area contributed by atoms with Crippen molar-refractivity contribution in [3.8, 4) is 0 Å². The Morgan fingerprint density at radius 1 is 1.62 bits per heavy atom. The molecule has 0 aromatic carbocycles. The minimum atomic E-state index is -0.560. The van der Waals surface area contributed by atoms with Crippen molar-refractivity contribution in [2.75, 3.05) is 6.54 Å². The summed E-state index contributed by atoms with van der Waals surface area (Å²) < 4.78 is 1.07. The van der Waals surface area contributed by atoms with Crippen molar-refractivity contribution in [3.05, 3.63) is 20.8 Å². The predicted molar refractivity (Wildman–Crippen MR) is 54.8 cm³/mol. The molecule has 0 spiro atoms. The van der Waals surface area contributed by atoms with Gasteiger partial charge < -0.3 is 5.32 Å². The van der Waals surface area contributed by atoms with Crippen LogP contribution in [0, 0.1) is 0 Å². The lowest BCUT2D eigenvalue weighted by molar-refractivity contribution is -0.131. The van der Waals surface area contributed by atoms with Crippen LogP contribution >= 0.6 is 27.3 Å². The van der Waals surface area contributed by atoms with Crippen molar-refractivity contribution in [1.82, 2.24) is 5.32 Å². The van der Waals surface area contributed by atoms with Crippen LogP contribution in [0.15, 0.2) is 15.9 Å². The Bertz CT molecular complexity index is 311. The molecule has 0 unspecified atom stereocenters. The van der Waals surface area contributed by atoms with Gasteiger partial charge in [0, 0.05) is 11.4 Å². The molecule has 1 aromatic rings. The standard InChI is InChI=1S/C8H8BrNO2S/c9-7-2-1-6(13-7)3-4-10-8(12)5-11/h1-2,5H,3-4H2,(H,10,12). The molecule has 1 rings (SSSR count). The third-order valence-electron chi connectivity index (χ3n) is 1.41. The molecule has 5 heteroatoms. The minimum absolute atomic E-state index is 0.282. The Balaban J connectivity index is 2.27. The summed E-state index contributed by atoms with van der Waals surface area (Å²) in [7, 11) is 0. The van der Waals surface area contributed by atoms with Crippen LogP contribution in [0.1, 0.15) is 4.88 Å². The molecule has 0 radical (unpaired) electrons. The van der Waals surface area contributed by atoms with Gasteiger partial charge in [-0.25, -0.2) is 0 Å². The highest BCUT2D eigenvalue weighted by molar-refractivity contribution is 9.11. The number of halogens is 1. The summed E-state index contributed by atoms with van der Waals surface area (Å²) >= 11 is 4.97. The summed E-state index contributed by atoms with van der Waals surface area (Å²) in [6.07, 6.45) is 1.04. The third-order valence-corrected chi connectivity index (χ3v) is 3.09. The van der Waals surface area contributed by atoms with Crippen LogP contribution in [0.2, 0.25) is 0 Å². The largest absolute Gasteiger partial charge is 0.349 e. The maximum atomic E-state index is 10.5. The first-order valence-corrected chi connectivity index (χ1v) is 5.30. The zero-order valence-corrected chi connectivity index (χ0v) is 9.15. The van der Waals surface area contributed by atoms with Crippen molar-refractivity contribution in [3.63, 3.8) is 0 Å². The first kappa shape index (κ1) is 10.4. The monoisotopic (exact) mass is 261 g/mol. The summed E-state index contributed by atoms with van der Waals surface area (Å²) in [5, 5.41) is 2.47. The van der Waals surface area contributed by atoms with Gasteiger partial charge in [0.1, 0.15) is 0 Å². The zero-order chi connectivity index (χ0) is 9.68. The van der Waals surface area contributed by atoms with Gasteiger partial charge in [-0.15, -0.1) is 11.3 Å². The molecule has 3 nitrogen and oxygen atoms in total. The zero-order valence-electron chi connectivity index (χ0n) is 6.75. The lowest BCUT2D eigenvalue weighted by Gasteiger charge is -1.97. The van der Waals surface area contributed by atoms with Crippen molar-refractivity contribution >= 4 is 39.5 Å². The molecule has 0 saturated heterocycles. The first-order chi connectivity index (χ1) is 6.22. The highest BCUT2D eigenvalue weighted by Crippen LogP contribution is 2.21. The number of thiophene rings is 1. The fourth-order valence-corrected chi connectivity index (χ4v) is 2.32. The number of carbonyl (C=O) groups is 2. The van der Waals surface area contributed by atoms with E-state index in [0.29, 0.717) is 6.54 Å². The van der Waals surface area contributed by atoms with E-state index in [1.165, 1.54) is 4.88 Å². The molecule has 0 fully saturated rings. The maximum Gasteiger partial charge on any atom is 0.284 e. The van der Waals surface area contributed by atoms with Crippen LogP contribution in [0.4, 0.5) is 0 Å². The molecule has 13 heavy (non-hydrogen) atoms. The fraction of sp³-hybridized carbons (Fsp3) is 0.250. The Morgan fingerprint density at radius 3 is 2.92 bits per heavy atom. The van der Waals surface area contributed by atoms with Crippen LogP contribution in [0.3, 0.4) is 0 Å². The molecule has 1 aromatic heterocycles. The van der Waals surface area contributed by atoms with E-state index in [1.54, 1.807) is 11.3 Å². The number of amides is 1. The Morgan fingerprint density at radius 2 is 2.38 bits per heavy atom. The molecule has 0 atom stereocenters. The molecule has 1 N–H and O–H groups in total. The predicted octanol–water partition coefficient (Wildman–Crippen LogP) is 1.37. The third kappa shape index (κ3) is 3.69. The number of aldehydes is 1. The van der Waals surface area contributed by atoms with Crippen LogP contribution in [0.5, 0.6) is 0 Å². The van der Waals surface area contributed by atoms with E-state index in [1.807, 2.05) is 12.1 Å². The summed E-state index contributed by atoms with van der Waals surface area (Å²) in [4.78, 5) is 21.6. The molecular weight excluding hydrogens is 254 g/mol. The van der Waals surface area contributed by atoms with E-state index in [0.717, 1.165) is 10.2 Å². The van der Waals surface area contributed by atoms with Crippen molar-refractivity contribution in [1.29, 1.82) is 0 Å². The van der Waals surface area contributed by atoms with E-state index in [9.17, 15) is 9.59 Å². The van der Waals surface area contributed by atoms with Gasteiger partial charge in [-0.3, -0.25) is 9.59 Å². The van der Waals surface area contributed by atoms with Crippen LogP contribution in [0.25, 0.3) is 0 Å². The molecule has 0 saturated carbocycles. The van der Waals surface area contributed by atoms with Crippen molar-refractivity contribution in [2.45, 2.75) is 6.42 Å². The average Bonchev–Trinajstić information content (AvgIpc) is 2.51. The smallest absolute Gasteiger partial charge is 0.284 e. The quantitative estimate of drug-likeness (QED) is 0.658. The van der Waals surface area contributed by atoms with Gasteiger partial charge in [0.25, 0.3) is 5.91 Å². The molecule has 0 aliphatic rings. The molecule has 0 aliphatic carbocycles. The lowest BCUT2D eigenvalue weighted by atomic mass is 10.3. The normalized spacial score (nSPS) is 9.62. The molecule has 0 bridgehead atoms. The summed E-state index contributed by atoms with van der Waals surface area (Å²) in [5.41, 5.74) is 0. The van der Waals surface area contributed by atoms with Crippen LogP contribution < -0.4 is 5.32 Å². The van der Waals surface area contributed by atoms with Gasteiger partial charge in [0.15, 0.2) is 0 Å². The second-order valence-electron chi connectivity index (χ2n) is 2.36. The van der Waals surface area contributed by atoms with E-state index in [4.69, 9.17) is 0 Å². The van der Waals surface area contributed by atoms with Crippen LogP contribution in [-0.2, 0) is 16.0 Å².